The van der Waals surface area contributed by atoms with Crippen LogP contribution >= 0.6 is 12.6 Å². The zero-order valence-electron chi connectivity index (χ0n) is 18.6. The number of nitrogens with zero attached hydrogens (tertiary/aromatic N) is 1. The van der Waals surface area contributed by atoms with Crippen molar-refractivity contribution < 1.29 is 15.7 Å². The molecule has 0 amide bonds. The molecule has 0 aliphatic rings. The van der Waals surface area contributed by atoms with Crippen molar-refractivity contribution in [2.24, 2.45) is 4.99 Å². The van der Waals surface area contributed by atoms with Crippen molar-refractivity contribution in [3.63, 3.8) is 0 Å². The van der Waals surface area contributed by atoms with Gasteiger partial charge in [0.25, 0.3) is 0 Å². The summed E-state index contributed by atoms with van der Waals surface area (Å²) in [6, 6.07) is 8.37. The Morgan fingerprint density at radius 1 is 1.17 bits per heavy atom. The quantitative estimate of drug-likeness (QED) is 0.317. The van der Waals surface area contributed by atoms with Crippen LogP contribution in [-0.2, 0) is 4.74 Å². The first-order valence-electron chi connectivity index (χ1n) is 9.29. The second-order valence-corrected chi connectivity index (χ2v) is 6.96. The summed E-state index contributed by atoms with van der Waals surface area (Å²) in [6.45, 7) is 22.3. The fourth-order valence-corrected chi connectivity index (χ4v) is 2.61. The molecule has 0 bridgehead atoms. The van der Waals surface area contributed by atoms with Gasteiger partial charge in [0, 0.05) is 23.1 Å². The summed E-state index contributed by atoms with van der Waals surface area (Å²) in [7, 11) is 0. The number of benzene rings is 1. The van der Waals surface area contributed by atoms with E-state index in [-0.39, 0.29) is 11.0 Å². The van der Waals surface area contributed by atoms with Gasteiger partial charge in [0.05, 0.1) is 6.61 Å². The Kier molecular flexibility index (Phi) is 19.9. The summed E-state index contributed by atoms with van der Waals surface area (Å²) >= 11 is 4.43. The van der Waals surface area contributed by atoms with Crippen molar-refractivity contribution in [2.75, 3.05) is 13.2 Å². The molecular formula is C24H39NO3S. The molecule has 0 saturated carbocycles. The summed E-state index contributed by atoms with van der Waals surface area (Å²) in [5.74, 6) is 0.403. The zero-order chi connectivity index (χ0) is 20.8. The maximum atomic E-state index is 5.55. The molecule has 0 heterocycles. The Morgan fingerprint density at radius 2 is 1.76 bits per heavy atom. The van der Waals surface area contributed by atoms with E-state index in [4.69, 9.17) is 4.74 Å². The topological polar surface area (TPSA) is 84.6 Å². The lowest BCUT2D eigenvalue weighted by Gasteiger charge is -2.13. The van der Waals surface area contributed by atoms with Crippen molar-refractivity contribution in [1.29, 1.82) is 0 Å². The Labute approximate surface area is 182 Å². The number of aliphatic imine (C=N–C) groups is 1. The van der Waals surface area contributed by atoms with Crippen LogP contribution in [0.4, 0.5) is 0 Å². The molecule has 164 valence electrons. The fourth-order valence-electron chi connectivity index (χ4n) is 2.38. The minimum absolute atomic E-state index is 0. The Hall–Kier alpha value is -1.92. The Morgan fingerprint density at radius 3 is 2.17 bits per heavy atom. The lowest BCUT2D eigenvalue weighted by molar-refractivity contribution is 0.171. The van der Waals surface area contributed by atoms with E-state index in [9.17, 15) is 0 Å². The number of thiol groups is 1. The number of rotatable bonds is 9. The normalized spacial score (nSPS) is 11.8. The maximum absolute atomic E-state index is 5.55. The van der Waals surface area contributed by atoms with Crippen LogP contribution in [0.3, 0.4) is 0 Å². The molecule has 5 heteroatoms. The van der Waals surface area contributed by atoms with Crippen LogP contribution in [0.25, 0.3) is 0 Å². The first-order chi connectivity index (χ1) is 12.8. The second-order valence-electron chi connectivity index (χ2n) is 6.44. The van der Waals surface area contributed by atoms with Gasteiger partial charge < -0.3 is 15.7 Å². The molecule has 1 unspecified atom stereocenters. The van der Waals surface area contributed by atoms with Gasteiger partial charge in [-0.2, -0.15) is 0 Å². The molecule has 0 fully saturated rings. The zero-order valence-corrected chi connectivity index (χ0v) is 19.5. The van der Waals surface area contributed by atoms with E-state index in [1.165, 1.54) is 16.7 Å². The standard InChI is InChI=1S/C20H28OS.C4H7N.2H2O/c1-6-17(18-9-8-10-19(22)13-18)12-11-16(5)20(15(3)4)14-21-7-2;1-4(2)5-3;;/h8-13,17,22H,3,6-7,14H2,1-2,4-5H3;1,3H2,2H3;2*1H2/b12-11-,20-16-;;;. The van der Waals surface area contributed by atoms with Crippen LogP contribution in [0.15, 0.2) is 81.9 Å². The van der Waals surface area contributed by atoms with E-state index < -0.39 is 0 Å². The predicted molar refractivity (Wildman–Crippen MR) is 131 cm³/mol. The van der Waals surface area contributed by atoms with E-state index in [1.54, 1.807) is 6.92 Å². The van der Waals surface area contributed by atoms with Gasteiger partial charge in [-0.05, 0) is 69.7 Å². The number of hydrogen-bond acceptors (Lipinski definition) is 3. The maximum Gasteiger partial charge on any atom is 0.0721 e. The largest absolute Gasteiger partial charge is 0.412 e. The molecular weight excluding hydrogens is 382 g/mol. The van der Waals surface area contributed by atoms with Crippen LogP contribution in [0, 0.1) is 0 Å². The highest BCUT2D eigenvalue weighted by Crippen LogP contribution is 2.24. The van der Waals surface area contributed by atoms with Crippen molar-refractivity contribution in [3.8, 4) is 0 Å². The summed E-state index contributed by atoms with van der Waals surface area (Å²) in [5, 5.41) is 0. The number of ether oxygens (including phenoxy) is 1. The molecule has 0 saturated heterocycles. The van der Waals surface area contributed by atoms with Gasteiger partial charge in [-0.1, -0.05) is 49.9 Å². The van der Waals surface area contributed by atoms with E-state index in [2.05, 4.69) is 81.7 Å². The highest BCUT2D eigenvalue weighted by molar-refractivity contribution is 7.80. The van der Waals surface area contributed by atoms with Crippen molar-refractivity contribution in [1.82, 2.24) is 0 Å². The molecule has 0 aliphatic heterocycles. The summed E-state index contributed by atoms with van der Waals surface area (Å²) in [4.78, 5) is 4.45. The summed E-state index contributed by atoms with van der Waals surface area (Å²) < 4.78 is 5.55. The van der Waals surface area contributed by atoms with E-state index in [0.29, 0.717) is 12.5 Å². The van der Waals surface area contributed by atoms with E-state index >= 15 is 0 Å². The molecule has 0 aliphatic carbocycles. The molecule has 29 heavy (non-hydrogen) atoms. The molecule has 4 nitrogen and oxygen atoms in total. The molecule has 1 rings (SSSR count). The molecule has 0 spiro atoms. The third-order valence-electron chi connectivity index (χ3n) is 4.03. The third kappa shape index (κ3) is 13.8. The van der Waals surface area contributed by atoms with Crippen LogP contribution in [0.2, 0.25) is 0 Å². The highest BCUT2D eigenvalue weighted by atomic mass is 32.1. The van der Waals surface area contributed by atoms with Crippen LogP contribution in [0.5, 0.6) is 0 Å². The number of hydrogen-bond donors (Lipinski definition) is 1. The van der Waals surface area contributed by atoms with Crippen molar-refractivity contribution >= 4 is 19.3 Å². The van der Waals surface area contributed by atoms with E-state index in [1.807, 2.05) is 19.9 Å². The van der Waals surface area contributed by atoms with Gasteiger partial charge in [-0.3, -0.25) is 4.99 Å². The number of allylic oxidation sites excluding steroid dienone is 4. The lowest BCUT2D eigenvalue weighted by Crippen LogP contribution is -2.01. The first-order valence-corrected chi connectivity index (χ1v) is 9.74. The SMILES string of the molecule is C=C(C)/C(COCC)=C(C)\C=C/C(CC)c1cccc(S)c1.C=NC(=C)C.O.O. The van der Waals surface area contributed by atoms with Gasteiger partial charge in [0.2, 0.25) is 0 Å². The highest BCUT2D eigenvalue weighted by Gasteiger charge is 2.07. The monoisotopic (exact) mass is 421 g/mol. The smallest absolute Gasteiger partial charge is 0.0721 e. The molecule has 0 radical (unpaired) electrons. The lowest BCUT2D eigenvalue weighted by atomic mass is 9.94. The van der Waals surface area contributed by atoms with Gasteiger partial charge in [-0.15, -0.1) is 12.6 Å². The molecule has 1 atom stereocenters. The van der Waals surface area contributed by atoms with Crippen LogP contribution < -0.4 is 0 Å². The minimum Gasteiger partial charge on any atom is -0.412 e. The summed E-state index contributed by atoms with van der Waals surface area (Å²) in [5.41, 5.74) is 5.56. The second kappa shape index (κ2) is 18.1. The first kappa shape index (κ1) is 31.8. The van der Waals surface area contributed by atoms with Crippen LogP contribution in [-0.4, -0.2) is 30.9 Å². The van der Waals surface area contributed by atoms with Gasteiger partial charge in [0.1, 0.15) is 0 Å². The molecule has 1 aromatic carbocycles. The third-order valence-corrected chi connectivity index (χ3v) is 4.31. The van der Waals surface area contributed by atoms with Gasteiger partial charge >= 0.3 is 0 Å². The Balaban J connectivity index is -0.000000860. The van der Waals surface area contributed by atoms with Crippen molar-refractivity contribution in [2.45, 2.75) is 51.9 Å². The fraction of sp³-hybridized carbons (Fsp3) is 0.375. The Bertz CT molecular complexity index is 693. The van der Waals surface area contributed by atoms with Crippen LogP contribution in [0.1, 0.15) is 52.5 Å². The summed E-state index contributed by atoms with van der Waals surface area (Å²) in [6.07, 6.45) is 5.53. The van der Waals surface area contributed by atoms with Gasteiger partial charge in [-0.25, -0.2) is 0 Å². The van der Waals surface area contributed by atoms with E-state index in [0.717, 1.165) is 29.2 Å². The molecule has 0 aromatic heterocycles. The minimum atomic E-state index is 0. The average molecular weight is 422 g/mol. The molecule has 1 aromatic rings. The average Bonchev–Trinajstić information content (AvgIpc) is 2.62. The molecule has 4 N–H and O–H groups in total. The predicted octanol–water partition coefficient (Wildman–Crippen LogP) is 5.53. The van der Waals surface area contributed by atoms with Crippen molar-refractivity contribution in [3.05, 3.63) is 77.6 Å². The van der Waals surface area contributed by atoms with Gasteiger partial charge in [0.15, 0.2) is 0 Å².